The van der Waals surface area contributed by atoms with E-state index in [-0.39, 0.29) is 17.8 Å². The molecule has 2 amide bonds. The van der Waals surface area contributed by atoms with Gasteiger partial charge in [-0.15, -0.1) is 5.10 Å². The summed E-state index contributed by atoms with van der Waals surface area (Å²) in [5.41, 5.74) is 0.616. The van der Waals surface area contributed by atoms with E-state index >= 15 is 0 Å². The molecule has 1 aromatic heterocycles. The molecule has 0 radical (unpaired) electrons. The van der Waals surface area contributed by atoms with E-state index in [0.717, 1.165) is 19.4 Å². The normalized spacial score (nSPS) is 17.2. The van der Waals surface area contributed by atoms with Gasteiger partial charge in [0.1, 0.15) is 11.5 Å². The van der Waals surface area contributed by atoms with Crippen molar-refractivity contribution in [2.24, 2.45) is 0 Å². The van der Waals surface area contributed by atoms with Crippen LogP contribution in [0.3, 0.4) is 0 Å². The molecule has 122 valence electrons. The second-order valence-electron chi connectivity index (χ2n) is 5.27. The van der Waals surface area contributed by atoms with Crippen LogP contribution in [0.15, 0.2) is 18.2 Å². The van der Waals surface area contributed by atoms with Crippen molar-refractivity contribution < 1.29 is 13.9 Å². The highest BCUT2D eigenvalue weighted by molar-refractivity contribution is 5.89. The third-order valence-corrected chi connectivity index (χ3v) is 3.57. The highest BCUT2D eigenvalue weighted by Crippen LogP contribution is 2.18. The standard InChI is InChI=1S/C14H17FN6O2/c1-9-18-19-20-21(9)13-7-10(4-5-12(13)15)17-14(22)16-8-11-3-2-6-23-11/h4-5,7,11H,2-3,6,8H2,1H3,(H2,16,17,22). The van der Waals surface area contributed by atoms with Crippen LogP contribution in [0.5, 0.6) is 0 Å². The monoisotopic (exact) mass is 320 g/mol. The lowest BCUT2D eigenvalue weighted by molar-refractivity contribution is 0.112. The Hall–Kier alpha value is -2.55. The number of carbonyl (C=O) groups is 1. The third kappa shape index (κ3) is 3.62. The number of amides is 2. The SMILES string of the molecule is Cc1nnnn1-c1cc(NC(=O)NCC2CCCO2)ccc1F. The largest absolute Gasteiger partial charge is 0.376 e. The number of urea groups is 1. The maximum Gasteiger partial charge on any atom is 0.319 e. The van der Waals surface area contributed by atoms with Crippen LogP contribution in [0.25, 0.3) is 5.69 Å². The number of carbonyl (C=O) groups excluding carboxylic acids is 1. The Balaban J connectivity index is 1.66. The summed E-state index contributed by atoms with van der Waals surface area (Å²) in [6, 6.07) is 3.84. The topological polar surface area (TPSA) is 94.0 Å². The van der Waals surface area contributed by atoms with Gasteiger partial charge in [-0.3, -0.25) is 0 Å². The molecule has 0 saturated carbocycles. The highest BCUT2D eigenvalue weighted by atomic mass is 19.1. The summed E-state index contributed by atoms with van der Waals surface area (Å²) >= 11 is 0. The van der Waals surface area contributed by atoms with E-state index in [2.05, 4.69) is 26.2 Å². The molecule has 2 heterocycles. The van der Waals surface area contributed by atoms with Gasteiger partial charge in [0.2, 0.25) is 0 Å². The molecular weight excluding hydrogens is 303 g/mol. The van der Waals surface area contributed by atoms with Crippen LogP contribution in [0.1, 0.15) is 18.7 Å². The van der Waals surface area contributed by atoms with Crippen molar-refractivity contribution in [3.05, 3.63) is 29.8 Å². The molecule has 1 aliphatic heterocycles. The molecule has 1 aliphatic rings. The molecule has 0 bridgehead atoms. The zero-order valence-electron chi connectivity index (χ0n) is 12.6. The van der Waals surface area contributed by atoms with E-state index in [1.807, 2.05) is 0 Å². The van der Waals surface area contributed by atoms with Gasteiger partial charge in [-0.25, -0.2) is 9.18 Å². The quantitative estimate of drug-likeness (QED) is 0.888. The number of hydrogen-bond donors (Lipinski definition) is 2. The van der Waals surface area contributed by atoms with Gasteiger partial charge in [0.05, 0.1) is 6.10 Å². The van der Waals surface area contributed by atoms with Gasteiger partial charge in [-0.05, 0) is 48.4 Å². The van der Waals surface area contributed by atoms with E-state index in [4.69, 9.17) is 4.74 Å². The number of benzene rings is 1. The Kier molecular flexibility index (Phi) is 4.47. The fourth-order valence-corrected chi connectivity index (χ4v) is 2.39. The maximum atomic E-state index is 13.9. The summed E-state index contributed by atoms with van der Waals surface area (Å²) < 4.78 is 20.6. The highest BCUT2D eigenvalue weighted by Gasteiger charge is 2.16. The number of rotatable bonds is 4. The summed E-state index contributed by atoms with van der Waals surface area (Å²) in [4.78, 5) is 11.9. The Labute approximate surface area is 132 Å². The molecule has 1 unspecified atom stereocenters. The van der Waals surface area contributed by atoms with Crippen LogP contribution in [0, 0.1) is 12.7 Å². The summed E-state index contributed by atoms with van der Waals surface area (Å²) in [5.74, 6) is -0.0328. The first-order valence-electron chi connectivity index (χ1n) is 7.35. The minimum Gasteiger partial charge on any atom is -0.376 e. The molecule has 2 aromatic rings. The third-order valence-electron chi connectivity index (χ3n) is 3.57. The van der Waals surface area contributed by atoms with E-state index < -0.39 is 5.82 Å². The first-order valence-corrected chi connectivity index (χ1v) is 7.35. The Morgan fingerprint density at radius 1 is 1.52 bits per heavy atom. The number of hydrogen-bond acceptors (Lipinski definition) is 5. The molecule has 3 rings (SSSR count). The zero-order valence-corrected chi connectivity index (χ0v) is 12.6. The van der Waals surface area contributed by atoms with Gasteiger partial charge in [-0.2, -0.15) is 4.68 Å². The van der Waals surface area contributed by atoms with Crippen LogP contribution in [0.4, 0.5) is 14.9 Å². The van der Waals surface area contributed by atoms with Crippen LogP contribution >= 0.6 is 0 Å². The first-order chi connectivity index (χ1) is 11.1. The lowest BCUT2D eigenvalue weighted by atomic mass is 10.2. The molecule has 0 aliphatic carbocycles. The van der Waals surface area contributed by atoms with Gasteiger partial charge in [-0.1, -0.05) is 0 Å². The molecule has 23 heavy (non-hydrogen) atoms. The molecule has 1 atom stereocenters. The molecule has 9 heteroatoms. The predicted molar refractivity (Wildman–Crippen MR) is 79.8 cm³/mol. The number of ether oxygens (including phenoxy) is 1. The number of tetrazole rings is 1. The van der Waals surface area contributed by atoms with E-state index in [9.17, 15) is 9.18 Å². The van der Waals surface area contributed by atoms with Gasteiger partial charge in [0.15, 0.2) is 5.82 Å². The lowest BCUT2D eigenvalue weighted by Crippen LogP contribution is -2.35. The maximum absolute atomic E-state index is 13.9. The van der Waals surface area contributed by atoms with Crippen molar-refractivity contribution in [2.45, 2.75) is 25.9 Å². The summed E-state index contributed by atoms with van der Waals surface area (Å²) in [6.07, 6.45) is 2.02. The van der Waals surface area contributed by atoms with E-state index in [1.165, 1.54) is 22.9 Å². The number of nitrogens with zero attached hydrogens (tertiary/aromatic N) is 4. The summed E-state index contributed by atoms with van der Waals surface area (Å²) in [5, 5.41) is 16.3. The summed E-state index contributed by atoms with van der Waals surface area (Å²) in [7, 11) is 0. The van der Waals surface area contributed by atoms with Crippen molar-refractivity contribution in [3.8, 4) is 5.69 Å². The van der Waals surface area contributed by atoms with Crippen LogP contribution in [-0.4, -0.2) is 45.5 Å². The van der Waals surface area contributed by atoms with Crippen molar-refractivity contribution in [1.29, 1.82) is 0 Å². The van der Waals surface area contributed by atoms with Crippen molar-refractivity contribution in [3.63, 3.8) is 0 Å². The first kappa shape index (κ1) is 15.3. The fraction of sp³-hybridized carbons (Fsp3) is 0.429. The zero-order chi connectivity index (χ0) is 16.2. The van der Waals surface area contributed by atoms with Crippen LogP contribution in [0.2, 0.25) is 0 Å². The molecular formula is C14H17FN6O2. The Morgan fingerprint density at radius 2 is 2.39 bits per heavy atom. The average Bonchev–Trinajstić information content (AvgIpc) is 3.19. The molecule has 8 nitrogen and oxygen atoms in total. The predicted octanol–water partition coefficient (Wildman–Crippen LogP) is 1.41. The minimum absolute atomic E-state index is 0.0633. The number of anilines is 1. The molecule has 1 aromatic carbocycles. The lowest BCUT2D eigenvalue weighted by Gasteiger charge is -2.12. The molecule has 0 spiro atoms. The summed E-state index contributed by atoms with van der Waals surface area (Å²) in [6.45, 7) is 2.85. The Morgan fingerprint density at radius 3 is 3.09 bits per heavy atom. The van der Waals surface area contributed by atoms with Gasteiger partial charge in [0.25, 0.3) is 0 Å². The van der Waals surface area contributed by atoms with E-state index in [1.54, 1.807) is 6.92 Å². The van der Waals surface area contributed by atoms with Crippen molar-refractivity contribution in [2.75, 3.05) is 18.5 Å². The molecule has 2 N–H and O–H groups in total. The Bertz CT molecular complexity index is 698. The van der Waals surface area contributed by atoms with Crippen LogP contribution in [-0.2, 0) is 4.74 Å². The van der Waals surface area contributed by atoms with Gasteiger partial charge >= 0.3 is 6.03 Å². The van der Waals surface area contributed by atoms with Gasteiger partial charge in [0, 0.05) is 18.8 Å². The average molecular weight is 320 g/mol. The number of nitrogens with one attached hydrogen (secondary N) is 2. The second-order valence-corrected chi connectivity index (χ2v) is 5.27. The smallest absolute Gasteiger partial charge is 0.319 e. The van der Waals surface area contributed by atoms with Gasteiger partial charge < -0.3 is 15.4 Å². The number of aryl methyl sites for hydroxylation is 1. The number of halogens is 1. The second kappa shape index (κ2) is 6.69. The molecule has 1 fully saturated rings. The van der Waals surface area contributed by atoms with Crippen molar-refractivity contribution >= 4 is 11.7 Å². The van der Waals surface area contributed by atoms with E-state index in [0.29, 0.717) is 18.1 Å². The molecule has 1 saturated heterocycles. The minimum atomic E-state index is -0.481. The fourth-order valence-electron chi connectivity index (χ4n) is 2.39. The van der Waals surface area contributed by atoms with Crippen LogP contribution < -0.4 is 10.6 Å². The number of aromatic nitrogens is 4. The van der Waals surface area contributed by atoms with Crippen molar-refractivity contribution in [1.82, 2.24) is 25.5 Å².